The van der Waals surface area contributed by atoms with Gasteiger partial charge in [0.05, 0.1) is 5.92 Å². The molecule has 1 heterocycles. The van der Waals surface area contributed by atoms with Gasteiger partial charge in [-0.05, 0) is 22.3 Å². The van der Waals surface area contributed by atoms with Crippen molar-refractivity contribution in [2.24, 2.45) is 5.92 Å². The molecule has 0 amide bonds. The Morgan fingerprint density at radius 2 is 2.40 bits per heavy atom. The van der Waals surface area contributed by atoms with Crippen LogP contribution in [-0.4, -0.2) is 5.78 Å². The number of hydrogen-bond donors (Lipinski definition) is 0. The minimum atomic E-state index is 0.0781. The molecule has 1 aliphatic carbocycles. The summed E-state index contributed by atoms with van der Waals surface area (Å²) in [7, 11) is 0. The van der Waals surface area contributed by atoms with Crippen molar-refractivity contribution in [2.45, 2.75) is 25.7 Å². The average Bonchev–Trinajstić information content (AvgIpc) is 2.74. The van der Waals surface area contributed by atoms with E-state index in [9.17, 15) is 4.79 Å². The van der Waals surface area contributed by atoms with E-state index in [0.29, 0.717) is 18.1 Å². The fourth-order valence-electron chi connectivity index (χ4n) is 2.12. The van der Waals surface area contributed by atoms with Crippen LogP contribution in [0.4, 0.5) is 0 Å². The van der Waals surface area contributed by atoms with Crippen LogP contribution in [0.3, 0.4) is 0 Å². The molecule has 3 heteroatoms. The van der Waals surface area contributed by atoms with E-state index in [0.717, 1.165) is 6.42 Å². The highest BCUT2D eigenvalue weighted by molar-refractivity contribution is 9.11. The third-order valence-electron chi connectivity index (χ3n) is 2.89. The van der Waals surface area contributed by atoms with Gasteiger partial charge in [-0.15, -0.1) is 11.3 Å². The predicted octanol–water partition coefficient (Wildman–Crippen LogP) is 4.11. The summed E-state index contributed by atoms with van der Waals surface area (Å²) >= 11 is 5.27. The molecule has 0 saturated heterocycles. The van der Waals surface area contributed by atoms with Crippen molar-refractivity contribution in [3.05, 3.63) is 32.9 Å². The number of ketones is 1. The predicted molar refractivity (Wildman–Crippen MR) is 67.5 cm³/mol. The summed E-state index contributed by atoms with van der Waals surface area (Å²) in [4.78, 5) is 13.2. The number of carbonyl (C=O) groups excluding carboxylic acids is 1. The van der Waals surface area contributed by atoms with E-state index in [4.69, 9.17) is 0 Å². The lowest BCUT2D eigenvalue weighted by Gasteiger charge is -2.27. The quantitative estimate of drug-likeness (QED) is 0.799. The highest BCUT2D eigenvalue weighted by Gasteiger charge is 2.33. The van der Waals surface area contributed by atoms with E-state index in [2.05, 4.69) is 28.9 Å². The smallest absolute Gasteiger partial charge is 0.145 e. The Morgan fingerprint density at radius 1 is 1.60 bits per heavy atom. The SMILES string of the molecule is CC[C@H]1C(Br)=CCC(=O)C1c1cccs1. The van der Waals surface area contributed by atoms with E-state index in [-0.39, 0.29) is 5.92 Å². The Morgan fingerprint density at radius 3 is 3.00 bits per heavy atom. The molecular formula is C12H13BrOS. The van der Waals surface area contributed by atoms with Crippen molar-refractivity contribution >= 4 is 33.0 Å². The monoisotopic (exact) mass is 284 g/mol. The first-order chi connectivity index (χ1) is 7.24. The normalized spacial score (nSPS) is 26.5. The van der Waals surface area contributed by atoms with Gasteiger partial charge in [-0.1, -0.05) is 35.0 Å². The van der Waals surface area contributed by atoms with Crippen LogP contribution in [0, 0.1) is 5.92 Å². The molecule has 1 aliphatic rings. The molecule has 2 atom stereocenters. The van der Waals surface area contributed by atoms with Crippen LogP contribution >= 0.6 is 27.3 Å². The van der Waals surface area contributed by atoms with Crippen molar-refractivity contribution < 1.29 is 4.79 Å². The minimum absolute atomic E-state index is 0.0781. The number of thiophene rings is 1. The molecular weight excluding hydrogens is 272 g/mol. The Labute approximate surface area is 102 Å². The van der Waals surface area contributed by atoms with Gasteiger partial charge in [-0.25, -0.2) is 0 Å². The van der Waals surface area contributed by atoms with Crippen LogP contribution in [0.2, 0.25) is 0 Å². The van der Waals surface area contributed by atoms with E-state index in [1.807, 2.05) is 17.5 Å². The Balaban J connectivity index is 2.36. The number of halogens is 1. The van der Waals surface area contributed by atoms with Gasteiger partial charge in [-0.2, -0.15) is 0 Å². The van der Waals surface area contributed by atoms with Gasteiger partial charge < -0.3 is 0 Å². The summed E-state index contributed by atoms with van der Waals surface area (Å²) in [6.45, 7) is 2.14. The van der Waals surface area contributed by atoms with E-state index in [1.165, 1.54) is 9.36 Å². The summed E-state index contributed by atoms with van der Waals surface area (Å²) in [5.41, 5.74) is 0. The molecule has 80 valence electrons. The van der Waals surface area contributed by atoms with Crippen LogP contribution in [-0.2, 0) is 4.79 Å². The zero-order chi connectivity index (χ0) is 10.8. The number of hydrogen-bond acceptors (Lipinski definition) is 2. The second-order valence-electron chi connectivity index (χ2n) is 3.77. The van der Waals surface area contributed by atoms with Gasteiger partial charge in [0, 0.05) is 17.2 Å². The third kappa shape index (κ3) is 2.08. The first-order valence-corrected chi connectivity index (χ1v) is 6.83. The van der Waals surface area contributed by atoms with Gasteiger partial charge >= 0.3 is 0 Å². The lowest BCUT2D eigenvalue weighted by Crippen LogP contribution is -2.24. The first-order valence-electron chi connectivity index (χ1n) is 5.15. The van der Waals surface area contributed by atoms with Crippen LogP contribution < -0.4 is 0 Å². The molecule has 0 spiro atoms. The average molecular weight is 285 g/mol. The second kappa shape index (κ2) is 4.62. The molecule has 1 nitrogen and oxygen atoms in total. The number of rotatable bonds is 2. The zero-order valence-electron chi connectivity index (χ0n) is 8.57. The van der Waals surface area contributed by atoms with Crippen molar-refractivity contribution in [1.82, 2.24) is 0 Å². The molecule has 0 radical (unpaired) electrons. The number of carbonyl (C=O) groups is 1. The van der Waals surface area contributed by atoms with Crippen molar-refractivity contribution in [2.75, 3.05) is 0 Å². The Bertz CT molecular complexity index is 380. The molecule has 1 aromatic heterocycles. The molecule has 0 N–H and O–H groups in total. The fraction of sp³-hybridized carbons (Fsp3) is 0.417. The molecule has 0 saturated carbocycles. The van der Waals surface area contributed by atoms with E-state index >= 15 is 0 Å². The maximum Gasteiger partial charge on any atom is 0.145 e. The van der Waals surface area contributed by atoms with Gasteiger partial charge in [-0.3, -0.25) is 4.79 Å². The standard InChI is InChI=1S/C12H13BrOS/c1-2-8-9(13)5-6-10(14)12(8)11-4-3-7-15-11/h3-5,7-8,12H,2,6H2,1H3/t8-,12?/m0/s1. The zero-order valence-corrected chi connectivity index (χ0v) is 11.0. The molecule has 1 aromatic rings. The minimum Gasteiger partial charge on any atom is -0.299 e. The summed E-state index contributed by atoms with van der Waals surface area (Å²) in [5, 5.41) is 2.04. The van der Waals surface area contributed by atoms with Crippen LogP contribution in [0.25, 0.3) is 0 Å². The summed E-state index contributed by atoms with van der Waals surface area (Å²) < 4.78 is 1.20. The van der Waals surface area contributed by atoms with Crippen LogP contribution in [0.5, 0.6) is 0 Å². The maximum atomic E-state index is 11.9. The molecule has 0 aromatic carbocycles. The van der Waals surface area contributed by atoms with Gasteiger partial charge in [0.25, 0.3) is 0 Å². The number of allylic oxidation sites excluding steroid dienone is 2. The summed E-state index contributed by atoms with van der Waals surface area (Å²) in [6, 6.07) is 4.09. The van der Waals surface area contributed by atoms with Crippen molar-refractivity contribution in [3.63, 3.8) is 0 Å². The largest absolute Gasteiger partial charge is 0.299 e. The molecule has 0 bridgehead atoms. The van der Waals surface area contributed by atoms with Crippen molar-refractivity contribution in [3.8, 4) is 0 Å². The van der Waals surface area contributed by atoms with Gasteiger partial charge in [0.1, 0.15) is 5.78 Å². The maximum absolute atomic E-state index is 11.9. The van der Waals surface area contributed by atoms with E-state index in [1.54, 1.807) is 11.3 Å². The molecule has 0 fully saturated rings. The van der Waals surface area contributed by atoms with Gasteiger partial charge in [0.2, 0.25) is 0 Å². The number of Topliss-reactive ketones (excluding diaryl/α,β-unsaturated/α-hetero) is 1. The topological polar surface area (TPSA) is 17.1 Å². The molecule has 1 unspecified atom stereocenters. The highest BCUT2D eigenvalue weighted by atomic mass is 79.9. The van der Waals surface area contributed by atoms with Crippen molar-refractivity contribution in [1.29, 1.82) is 0 Å². The summed E-state index contributed by atoms with van der Waals surface area (Å²) in [6.07, 6.45) is 3.59. The lowest BCUT2D eigenvalue weighted by molar-refractivity contribution is -0.120. The second-order valence-corrected chi connectivity index (χ2v) is 5.66. The molecule has 2 rings (SSSR count). The third-order valence-corrected chi connectivity index (χ3v) is 4.76. The van der Waals surface area contributed by atoms with Crippen LogP contribution in [0.15, 0.2) is 28.1 Å². The molecule has 0 aliphatic heterocycles. The Kier molecular flexibility index (Phi) is 3.42. The Hall–Kier alpha value is -0.410. The van der Waals surface area contributed by atoms with Crippen LogP contribution in [0.1, 0.15) is 30.6 Å². The highest BCUT2D eigenvalue weighted by Crippen LogP contribution is 2.41. The summed E-state index contributed by atoms with van der Waals surface area (Å²) in [5.74, 6) is 0.770. The van der Waals surface area contributed by atoms with Gasteiger partial charge in [0.15, 0.2) is 0 Å². The first kappa shape index (κ1) is 11.1. The molecule has 15 heavy (non-hydrogen) atoms. The lowest BCUT2D eigenvalue weighted by atomic mass is 9.80. The van der Waals surface area contributed by atoms with E-state index < -0.39 is 0 Å². The fourth-order valence-corrected chi connectivity index (χ4v) is 3.78.